The van der Waals surface area contributed by atoms with Crippen molar-refractivity contribution in [3.8, 4) is 5.75 Å². The van der Waals surface area contributed by atoms with Gasteiger partial charge in [-0.2, -0.15) is 0 Å². The molecule has 0 bridgehead atoms. The van der Waals surface area contributed by atoms with Crippen molar-refractivity contribution in [3.63, 3.8) is 0 Å². The van der Waals surface area contributed by atoms with Crippen molar-refractivity contribution in [1.29, 1.82) is 0 Å². The number of unbranched alkanes of at least 4 members (excludes halogenated alkanes) is 2. The van der Waals surface area contributed by atoms with E-state index in [1.54, 1.807) is 36.4 Å². The van der Waals surface area contributed by atoms with Crippen molar-refractivity contribution in [2.45, 2.75) is 32.2 Å². The molecule has 168 valence electrons. The molecule has 2 aromatic rings. The molecular weight excluding hydrogens is 411 g/mol. The molecule has 4 rings (SSSR count). The van der Waals surface area contributed by atoms with E-state index in [4.69, 9.17) is 4.74 Å². The van der Waals surface area contributed by atoms with Crippen LogP contribution >= 0.6 is 0 Å². The smallest absolute Gasteiger partial charge is 0.295 e. The number of anilines is 1. The molecule has 0 spiro atoms. The van der Waals surface area contributed by atoms with Crippen molar-refractivity contribution in [2.75, 3.05) is 31.6 Å². The van der Waals surface area contributed by atoms with Gasteiger partial charge in [-0.3, -0.25) is 9.59 Å². The van der Waals surface area contributed by atoms with Gasteiger partial charge >= 0.3 is 0 Å². The Morgan fingerprint density at radius 3 is 2.72 bits per heavy atom. The lowest BCUT2D eigenvalue weighted by atomic mass is 9.94. The Kier molecular flexibility index (Phi) is 6.17. The number of carbonyl (C=O) groups excluding carboxylic acids is 2. The molecule has 0 saturated carbocycles. The fourth-order valence-electron chi connectivity index (χ4n) is 4.32. The second kappa shape index (κ2) is 9.02. The fourth-order valence-corrected chi connectivity index (χ4v) is 4.32. The lowest BCUT2D eigenvalue weighted by Crippen LogP contribution is -2.31. The normalized spacial score (nSPS) is 19.8. The van der Waals surface area contributed by atoms with Gasteiger partial charge in [0.1, 0.15) is 23.9 Å². The van der Waals surface area contributed by atoms with E-state index in [0.29, 0.717) is 37.4 Å². The average molecular weight is 438 g/mol. The van der Waals surface area contributed by atoms with E-state index in [-0.39, 0.29) is 16.9 Å². The van der Waals surface area contributed by atoms with Crippen LogP contribution in [-0.4, -0.2) is 48.4 Å². The van der Waals surface area contributed by atoms with Crippen molar-refractivity contribution in [3.05, 3.63) is 65.0 Å². The van der Waals surface area contributed by atoms with Crippen LogP contribution in [0.2, 0.25) is 0 Å². The number of carbonyl (C=O) groups is 2. The maximum Gasteiger partial charge on any atom is 0.295 e. The summed E-state index contributed by atoms with van der Waals surface area (Å²) in [7, 11) is 1.91. The van der Waals surface area contributed by atoms with Gasteiger partial charge in [0.25, 0.3) is 11.7 Å². The summed E-state index contributed by atoms with van der Waals surface area (Å²) >= 11 is 0. The number of aliphatic hydroxyl groups is 1. The van der Waals surface area contributed by atoms with Crippen molar-refractivity contribution < 1.29 is 23.8 Å². The minimum absolute atomic E-state index is 0.0871. The maximum absolute atomic E-state index is 14.8. The van der Waals surface area contributed by atoms with Gasteiger partial charge in [0, 0.05) is 24.7 Å². The van der Waals surface area contributed by atoms with Gasteiger partial charge in [-0.1, -0.05) is 38.0 Å². The molecular formula is C25H27FN2O4. The summed E-state index contributed by atoms with van der Waals surface area (Å²) in [4.78, 5) is 29.3. The number of likely N-dealkylation sites (N-methyl/N-ethyl adjacent to an activating group) is 1. The van der Waals surface area contributed by atoms with Crippen LogP contribution in [0.25, 0.3) is 5.76 Å². The molecule has 6 nitrogen and oxygen atoms in total. The molecule has 2 aromatic carbocycles. The van der Waals surface area contributed by atoms with Crippen LogP contribution in [0.1, 0.15) is 43.4 Å². The minimum atomic E-state index is -0.974. The first-order valence-corrected chi connectivity index (χ1v) is 10.9. The topological polar surface area (TPSA) is 70.1 Å². The molecule has 1 N–H and O–H groups in total. The molecule has 0 aliphatic carbocycles. The highest BCUT2D eigenvalue weighted by Crippen LogP contribution is 2.41. The van der Waals surface area contributed by atoms with Crippen LogP contribution in [0.3, 0.4) is 0 Å². The van der Waals surface area contributed by atoms with Crippen LogP contribution in [-0.2, 0) is 9.59 Å². The van der Waals surface area contributed by atoms with Gasteiger partial charge in [-0.05, 0) is 30.7 Å². The summed E-state index contributed by atoms with van der Waals surface area (Å²) in [6.45, 7) is 3.60. The van der Waals surface area contributed by atoms with Gasteiger partial charge in [-0.25, -0.2) is 4.39 Å². The third-order valence-corrected chi connectivity index (χ3v) is 6.07. The minimum Gasteiger partial charge on any atom is -0.507 e. The number of hydrogen-bond acceptors (Lipinski definition) is 5. The number of Topliss-reactive ketones (excluding diaryl/α,β-unsaturated/α-hetero) is 1. The zero-order chi connectivity index (χ0) is 22.8. The number of ketones is 1. The predicted molar refractivity (Wildman–Crippen MR) is 120 cm³/mol. The van der Waals surface area contributed by atoms with Gasteiger partial charge in [0.2, 0.25) is 0 Å². The Labute approximate surface area is 186 Å². The summed E-state index contributed by atoms with van der Waals surface area (Å²) in [6, 6.07) is 10.2. The highest BCUT2D eigenvalue weighted by atomic mass is 19.1. The summed E-state index contributed by atoms with van der Waals surface area (Å²) in [5.41, 5.74) is 1.27. The number of rotatable bonds is 6. The van der Waals surface area contributed by atoms with Gasteiger partial charge in [-0.15, -0.1) is 0 Å². The van der Waals surface area contributed by atoms with E-state index in [1.807, 2.05) is 18.9 Å². The third-order valence-electron chi connectivity index (χ3n) is 6.07. The number of ether oxygens (including phenoxy) is 1. The first kappa shape index (κ1) is 21.9. The number of nitrogens with zero attached hydrogens (tertiary/aromatic N) is 2. The second-order valence-electron chi connectivity index (χ2n) is 8.17. The van der Waals surface area contributed by atoms with Crippen LogP contribution in [0.15, 0.2) is 48.0 Å². The number of hydrogen-bond donors (Lipinski definition) is 1. The van der Waals surface area contributed by atoms with Gasteiger partial charge in [0.05, 0.1) is 23.8 Å². The molecule has 1 atom stereocenters. The van der Waals surface area contributed by atoms with Crippen LogP contribution in [0.4, 0.5) is 10.1 Å². The van der Waals surface area contributed by atoms with E-state index < -0.39 is 23.5 Å². The van der Waals surface area contributed by atoms with Crippen molar-refractivity contribution >= 4 is 23.1 Å². The largest absolute Gasteiger partial charge is 0.507 e. The Morgan fingerprint density at radius 2 is 1.97 bits per heavy atom. The monoisotopic (exact) mass is 438 g/mol. The third kappa shape index (κ3) is 3.83. The summed E-state index contributed by atoms with van der Waals surface area (Å²) < 4.78 is 20.4. The number of benzene rings is 2. The SMILES string of the molecule is CCCCCN1C(=O)C(=O)/C(=C(/O)c2ccc3c(c2)N(C)CCO3)C1c1ccccc1F. The second-order valence-corrected chi connectivity index (χ2v) is 8.17. The Morgan fingerprint density at radius 1 is 1.19 bits per heavy atom. The number of amides is 1. The lowest BCUT2D eigenvalue weighted by Gasteiger charge is -2.28. The van der Waals surface area contributed by atoms with Crippen LogP contribution < -0.4 is 9.64 Å². The Hall–Kier alpha value is -3.35. The average Bonchev–Trinajstić information content (AvgIpc) is 3.04. The molecule has 1 amide bonds. The zero-order valence-electron chi connectivity index (χ0n) is 18.3. The first-order valence-electron chi connectivity index (χ1n) is 10.9. The molecule has 1 saturated heterocycles. The molecule has 2 aliphatic rings. The summed E-state index contributed by atoms with van der Waals surface area (Å²) in [5.74, 6) is -1.66. The zero-order valence-corrected chi connectivity index (χ0v) is 18.3. The number of fused-ring (bicyclic) bond motifs is 1. The van der Waals surface area contributed by atoms with E-state index in [0.717, 1.165) is 18.5 Å². The lowest BCUT2D eigenvalue weighted by molar-refractivity contribution is -0.139. The molecule has 1 unspecified atom stereocenters. The van der Waals surface area contributed by atoms with Crippen molar-refractivity contribution in [1.82, 2.24) is 4.90 Å². The van der Waals surface area contributed by atoms with Crippen LogP contribution in [0.5, 0.6) is 5.75 Å². The number of likely N-dealkylation sites (tertiary alicyclic amines) is 1. The quantitative estimate of drug-likeness (QED) is 0.316. The molecule has 1 fully saturated rings. The summed E-state index contributed by atoms with van der Waals surface area (Å²) in [6.07, 6.45) is 2.51. The first-order chi connectivity index (χ1) is 15.4. The maximum atomic E-state index is 14.8. The van der Waals surface area contributed by atoms with Crippen molar-refractivity contribution in [2.24, 2.45) is 0 Å². The number of aliphatic hydroxyl groups excluding tert-OH is 1. The molecule has 2 aliphatic heterocycles. The fraction of sp³-hybridized carbons (Fsp3) is 0.360. The predicted octanol–water partition coefficient (Wildman–Crippen LogP) is 4.27. The van der Waals surface area contributed by atoms with Gasteiger partial charge < -0.3 is 19.6 Å². The summed E-state index contributed by atoms with van der Waals surface area (Å²) in [5, 5.41) is 11.2. The van der Waals surface area contributed by atoms with Crippen LogP contribution in [0, 0.1) is 5.82 Å². The van der Waals surface area contributed by atoms with E-state index in [9.17, 15) is 19.1 Å². The Bertz CT molecular complexity index is 1080. The molecule has 32 heavy (non-hydrogen) atoms. The Balaban J connectivity index is 1.83. The molecule has 0 radical (unpaired) electrons. The highest BCUT2D eigenvalue weighted by Gasteiger charge is 2.46. The van der Waals surface area contributed by atoms with E-state index >= 15 is 0 Å². The highest BCUT2D eigenvalue weighted by molar-refractivity contribution is 6.46. The molecule has 7 heteroatoms. The number of halogens is 1. The standard InChI is InChI=1S/C25H27FN2O4/c1-3-4-7-12-28-22(17-8-5-6-9-18(17)26)21(24(30)25(28)31)23(29)16-10-11-20-19(15-16)27(2)13-14-32-20/h5-6,8-11,15,22,29H,3-4,7,12-14H2,1-2H3/b23-21+. The van der Waals surface area contributed by atoms with E-state index in [1.165, 1.54) is 11.0 Å². The molecule has 0 aromatic heterocycles. The molecule has 2 heterocycles. The van der Waals surface area contributed by atoms with E-state index in [2.05, 4.69) is 0 Å². The van der Waals surface area contributed by atoms with Gasteiger partial charge in [0.15, 0.2) is 0 Å².